The van der Waals surface area contributed by atoms with Gasteiger partial charge >= 0.3 is 0 Å². The van der Waals surface area contributed by atoms with Gasteiger partial charge in [-0.05, 0) is 24.3 Å². The molecule has 0 aliphatic heterocycles. The molecule has 1 N–H and O–H groups in total. The Morgan fingerprint density at radius 2 is 1.90 bits per heavy atom. The van der Waals surface area contributed by atoms with E-state index >= 15 is 0 Å². The molecule has 2 heterocycles. The summed E-state index contributed by atoms with van der Waals surface area (Å²) in [5, 5.41) is 4.07. The summed E-state index contributed by atoms with van der Waals surface area (Å²) in [6.07, 6.45) is 3.11. The highest BCUT2D eigenvalue weighted by molar-refractivity contribution is 6.30. The van der Waals surface area contributed by atoms with Crippen molar-refractivity contribution in [3.05, 3.63) is 65.4 Å². The van der Waals surface area contributed by atoms with E-state index in [1.165, 1.54) is 6.20 Å². The molecule has 1 amide bonds. The monoisotopic (exact) mass is 283 g/mol. The summed E-state index contributed by atoms with van der Waals surface area (Å²) >= 11 is 5.76. The number of fused-ring (bicyclic) bond motifs is 1. The molecule has 0 aliphatic rings. The molecule has 2 aromatic heterocycles. The molecule has 0 saturated heterocycles. The quantitative estimate of drug-likeness (QED) is 0.783. The van der Waals surface area contributed by atoms with Gasteiger partial charge in [-0.1, -0.05) is 29.8 Å². The third kappa shape index (κ3) is 2.46. The first kappa shape index (κ1) is 12.6. The largest absolute Gasteiger partial charge is 0.307 e. The van der Waals surface area contributed by atoms with Crippen molar-refractivity contribution >= 4 is 34.2 Å². The molecule has 0 fully saturated rings. The molecule has 0 spiro atoms. The molecule has 0 aliphatic carbocycles. The fourth-order valence-corrected chi connectivity index (χ4v) is 2.04. The van der Waals surface area contributed by atoms with E-state index < -0.39 is 0 Å². The Morgan fingerprint density at radius 1 is 1.05 bits per heavy atom. The standard InChI is InChI=1S/C15H10ClN3O/c16-10-5-6-14(18-9-10)19-15(20)12-7-8-17-13-4-2-1-3-11(12)13/h1-9H,(H,18,19,20). The van der Waals surface area contributed by atoms with Crippen LogP contribution in [0.4, 0.5) is 5.82 Å². The lowest BCUT2D eigenvalue weighted by atomic mass is 10.1. The van der Waals surface area contributed by atoms with Gasteiger partial charge in [0.05, 0.1) is 16.1 Å². The first-order chi connectivity index (χ1) is 9.74. The number of amides is 1. The number of pyridine rings is 2. The van der Waals surface area contributed by atoms with Gasteiger partial charge in [0.2, 0.25) is 0 Å². The van der Waals surface area contributed by atoms with Gasteiger partial charge in [-0.2, -0.15) is 0 Å². The predicted octanol–water partition coefficient (Wildman–Crippen LogP) is 3.54. The highest BCUT2D eigenvalue weighted by atomic mass is 35.5. The molecule has 20 heavy (non-hydrogen) atoms. The Hall–Kier alpha value is -2.46. The number of nitrogens with one attached hydrogen (secondary N) is 1. The molecule has 4 nitrogen and oxygen atoms in total. The molecular weight excluding hydrogens is 274 g/mol. The first-order valence-corrected chi connectivity index (χ1v) is 6.38. The van der Waals surface area contributed by atoms with Crippen molar-refractivity contribution in [3.8, 4) is 0 Å². The second kappa shape index (κ2) is 5.27. The van der Waals surface area contributed by atoms with Crippen molar-refractivity contribution in [1.29, 1.82) is 0 Å². The van der Waals surface area contributed by atoms with Crippen molar-refractivity contribution in [3.63, 3.8) is 0 Å². The summed E-state index contributed by atoms with van der Waals surface area (Å²) in [6.45, 7) is 0. The molecule has 1 aromatic carbocycles. The lowest BCUT2D eigenvalue weighted by Gasteiger charge is -2.07. The van der Waals surface area contributed by atoms with E-state index in [0.29, 0.717) is 16.4 Å². The van der Waals surface area contributed by atoms with Crippen molar-refractivity contribution in [2.75, 3.05) is 5.32 Å². The molecule has 0 atom stereocenters. The smallest absolute Gasteiger partial charge is 0.257 e. The summed E-state index contributed by atoms with van der Waals surface area (Å²) in [5.74, 6) is 0.235. The number of carbonyl (C=O) groups is 1. The van der Waals surface area contributed by atoms with Crippen LogP contribution in [0.2, 0.25) is 5.02 Å². The average Bonchev–Trinajstić information content (AvgIpc) is 2.49. The number of rotatable bonds is 2. The molecule has 5 heteroatoms. The summed E-state index contributed by atoms with van der Waals surface area (Å²) in [5.41, 5.74) is 1.34. The van der Waals surface area contributed by atoms with Crippen LogP contribution in [0.1, 0.15) is 10.4 Å². The van der Waals surface area contributed by atoms with Crippen LogP contribution in [-0.2, 0) is 0 Å². The summed E-state index contributed by atoms with van der Waals surface area (Å²) in [6, 6.07) is 12.5. The summed E-state index contributed by atoms with van der Waals surface area (Å²) in [7, 11) is 0. The molecular formula is C15H10ClN3O. The van der Waals surface area contributed by atoms with E-state index in [2.05, 4.69) is 15.3 Å². The van der Waals surface area contributed by atoms with Gasteiger partial charge in [0.25, 0.3) is 5.91 Å². The van der Waals surface area contributed by atoms with Gasteiger partial charge in [0.1, 0.15) is 5.82 Å². The van der Waals surface area contributed by atoms with Crippen LogP contribution in [-0.4, -0.2) is 15.9 Å². The first-order valence-electron chi connectivity index (χ1n) is 6.01. The third-order valence-electron chi connectivity index (χ3n) is 2.86. The maximum Gasteiger partial charge on any atom is 0.257 e. The van der Waals surface area contributed by atoms with Crippen molar-refractivity contribution in [1.82, 2.24) is 9.97 Å². The Balaban J connectivity index is 1.94. The molecule has 0 bridgehead atoms. The zero-order chi connectivity index (χ0) is 13.9. The maximum absolute atomic E-state index is 12.3. The number of hydrogen-bond acceptors (Lipinski definition) is 3. The van der Waals surface area contributed by atoms with Crippen molar-refractivity contribution in [2.45, 2.75) is 0 Å². The van der Waals surface area contributed by atoms with E-state index in [4.69, 9.17) is 11.6 Å². The van der Waals surface area contributed by atoms with E-state index in [1.54, 1.807) is 24.4 Å². The van der Waals surface area contributed by atoms with Crippen LogP contribution in [0.5, 0.6) is 0 Å². The number of anilines is 1. The lowest BCUT2D eigenvalue weighted by Crippen LogP contribution is -2.13. The molecule has 98 valence electrons. The normalized spacial score (nSPS) is 10.4. The Labute approximate surface area is 120 Å². The highest BCUT2D eigenvalue weighted by Crippen LogP contribution is 2.17. The van der Waals surface area contributed by atoms with Crippen LogP contribution < -0.4 is 5.32 Å². The number of hydrogen-bond donors (Lipinski definition) is 1. The van der Waals surface area contributed by atoms with E-state index in [1.807, 2.05) is 24.3 Å². The molecule has 0 unspecified atom stereocenters. The van der Waals surface area contributed by atoms with Crippen LogP contribution in [0, 0.1) is 0 Å². The van der Waals surface area contributed by atoms with Gasteiger partial charge in [-0.25, -0.2) is 4.98 Å². The number of aromatic nitrogens is 2. The minimum absolute atomic E-state index is 0.224. The molecule has 3 aromatic rings. The second-order valence-corrected chi connectivity index (χ2v) is 4.63. The Morgan fingerprint density at radius 3 is 2.70 bits per heavy atom. The molecule has 0 saturated carbocycles. The van der Waals surface area contributed by atoms with Crippen molar-refractivity contribution in [2.24, 2.45) is 0 Å². The Bertz CT molecular complexity index is 766. The third-order valence-corrected chi connectivity index (χ3v) is 3.09. The number of carbonyl (C=O) groups excluding carboxylic acids is 1. The van der Waals surface area contributed by atoms with Gasteiger partial charge in [-0.3, -0.25) is 9.78 Å². The number of halogens is 1. The highest BCUT2D eigenvalue weighted by Gasteiger charge is 2.10. The van der Waals surface area contributed by atoms with E-state index in [0.717, 1.165) is 10.9 Å². The zero-order valence-electron chi connectivity index (χ0n) is 10.4. The fourth-order valence-electron chi connectivity index (χ4n) is 1.93. The molecule has 3 rings (SSSR count). The van der Waals surface area contributed by atoms with Gasteiger partial charge in [0, 0.05) is 17.8 Å². The van der Waals surface area contributed by atoms with Crippen molar-refractivity contribution < 1.29 is 4.79 Å². The second-order valence-electron chi connectivity index (χ2n) is 4.19. The van der Waals surface area contributed by atoms with E-state index in [-0.39, 0.29) is 5.91 Å². The maximum atomic E-state index is 12.3. The summed E-state index contributed by atoms with van der Waals surface area (Å²) < 4.78 is 0. The van der Waals surface area contributed by atoms with Crippen LogP contribution >= 0.6 is 11.6 Å². The van der Waals surface area contributed by atoms with Crippen LogP contribution in [0.15, 0.2) is 54.9 Å². The van der Waals surface area contributed by atoms with E-state index in [9.17, 15) is 4.79 Å². The fraction of sp³-hybridized carbons (Fsp3) is 0. The SMILES string of the molecule is O=C(Nc1ccc(Cl)cn1)c1ccnc2ccccc12. The van der Waals surface area contributed by atoms with Gasteiger partial charge in [0.15, 0.2) is 0 Å². The lowest BCUT2D eigenvalue weighted by molar-refractivity contribution is 0.102. The number of nitrogens with zero attached hydrogens (tertiary/aromatic N) is 2. The minimum Gasteiger partial charge on any atom is -0.307 e. The summed E-state index contributed by atoms with van der Waals surface area (Å²) in [4.78, 5) is 20.6. The van der Waals surface area contributed by atoms with Crippen LogP contribution in [0.25, 0.3) is 10.9 Å². The van der Waals surface area contributed by atoms with Gasteiger partial charge < -0.3 is 5.32 Å². The topological polar surface area (TPSA) is 54.9 Å². The minimum atomic E-state index is -0.224. The predicted molar refractivity (Wildman–Crippen MR) is 78.9 cm³/mol. The van der Waals surface area contributed by atoms with Gasteiger partial charge in [-0.15, -0.1) is 0 Å². The Kier molecular flexibility index (Phi) is 3.31. The zero-order valence-corrected chi connectivity index (χ0v) is 11.1. The number of benzene rings is 1. The number of para-hydroxylation sites is 1. The average molecular weight is 284 g/mol. The molecule has 0 radical (unpaired) electrons. The van der Waals surface area contributed by atoms with Crippen LogP contribution in [0.3, 0.4) is 0 Å².